The number of hydrogen-bond acceptors (Lipinski definition) is 0. The van der Waals surface area contributed by atoms with Crippen molar-refractivity contribution in [1.29, 1.82) is 0 Å². The van der Waals surface area contributed by atoms with Crippen molar-refractivity contribution in [2.24, 2.45) is 0 Å². The highest BCUT2D eigenvalue weighted by atomic mass is 14.4. The summed E-state index contributed by atoms with van der Waals surface area (Å²) in [7, 11) is 0. The van der Waals surface area contributed by atoms with Crippen LogP contribution in [0.4, 0.5) is 0 Å². The molecule has 10 rings (SSSR count). The second-order valence-electron chi connectivity index (χ2n) is 13.7. The van der Waals surface area contributed by atoms with Gasteiger partial charge in [-0.05, 0) is 117 Å². The summed E-state index contributed by atoms with van der Waals surface area (Å²) in [5.74, 6) is 0. The van der Waals surface area contributed by atoms with Crippen LogP contribution < -0.4 is 0 Å². The highest BCUT2D eigenvalue weighted by Crippen LogP contribution is 2.56. The molecule has 9 aromatic carbocycles. The summed E-state index contributed by atoms with van der Waals surface area (Å²) < 4.78 is 0. The fourth-order valence-electron chi connectivity index (χ4n) is 8.74. The van der Waals surface area contributed by atoms with E-state index < -0.39 is 0 Å². The Kier molecular flexibility index (Phi) is 5.44. The Morgan fingerprint density at radius 1 is 0.319 bits per heavy atom. The Balaban J connectivity index is 1.20. The van der Waals surface area contributed by atoms with Gasteiger partial charge >= 0.3 is 0 Å². The predicted octanol–water partition coefficient (Wildman–Crippen LogP) is 13.1. The number of rotatable bonds is 2. The lowest BCUT2D eigenvalue weighted by molar-refractivity contribution is 0.672. The maximum atomic E-state index is 2.44. The van der Waals surface area contributed by atoms with Gasteiger partial charge in [0.25, 0.3) is 0 Å². The quantitative estimate of drug-likeness (QED) is 0.174. The first-order valence-corrected chi connectivity index (χ1v) is 16.6. The molecule has 0 spiro atoms. The van der Waals surface area contributed by atoms with Crippen LogP contribution in [0, 0.1) is 0 Å². The van der Waals surface area contributed by atoms with Crippen molar-refractivity contribution in [1.82, 2.24) is 0 Å². The lowest BCUT2D eigenvalue weighted by Gasteiger charge is -2.25. The Hall–Kier alpha value is -5.72. The molecule has 47 heavy (non-hydrogen) atoms. The molecule has 220 valence electrons. The minimum Gasteiger partial charge on any atom is -0.0616 e. The van der Waals surface area contributed by atoms with E-state index in [0.717, 1.165) is 0 Å². The minimum absolute atomic E-state index is 0.133. The predicted molar refractivity (Wildman–Crippen MR) is 202 cm³/mol. The zero-order valence-electron chi connectivity index (χ0n) is 26.5. The van der Waals surface area contributed by atoms with Crippen LogP contribution in [-0.2, 0) is 5.41 Å². The fraction of sp³-hybridized carbons (Fsp3) is 0.0638. The number of fused-ring (bicyclic) bond motifs is 13. The van der Waals surface area contributed by atoms with Crippen LogP contribution in [0.2, 0.25) is 0 Å². The number of hydrogen-bond donors (Lipinski definition) is 0. The van der Waals surface area contributed by atoms with E-state index in [2.05, 4.69) is 172 Å². The lowest BCUT2D eigenvalue weighted by atomic mass is 9.77. The molecular weight excluding hydrogens is 565 g/mol. The summed E-state index contributed by atoms with van der Waals surface area (Å²) in [6.07, 6.45) is 0. The normalized spacial score (nSPS) is 13.5. The van der Waals surface area contributed by atoms with E-state index in [9.17, 15) is 0 Å². The second kappa shape index (κ2) is 9.64. The van der Waals surface area contributed by atoms with Gasteiger partial charge in [-0.2, -0.15) is 0 Å². The fourth-order valence-corrected chi connectivity index (χ4v) is 8.74. The summed E-state index contributed by atoms with van der Waals surface area (Å²) in [4.78, 5) is 0. The molecule has 0 unspecified atom stereocenters. The van der Waals surface area contributed by atoms with Gasteiger partial charge in [0.05, 0.1) is 0 Å². The van der Waals surface area contributed by atoms with E-state index in [1.807, 2.05) is 0 Å². The van der Waals surface area contributed by atoms with Crippen molar-refractivity contribution >= 4 is 53.9 Å². The molecule has 0 N–H and O–H groups in total. The average Bonchev–Trinajstić information content (AvgIpc) is 3.38. The highest BCUT2D eigenvalue weighted by molar-refractivity contribution is 6.20. The molecule has 0 bridgehead atoms. The molecule has 1 aliphatic carbocycles. The third-order valence-electron chi connectivity index (χ3n) is 10.7. The summed E-state index contributed by atoms with van der Waals surface area (Å²) in [5, 5.41) is 13.2. The Bertz CT molecular complexity index is 2760. The molecule has 0 fully saturated rings. The smallest absolute Gasteiger partial charge is 0.0171 e. The lowest BCUT2D eigenvalue weighted by Crippen LogP contribution is -2.16. The molecule has 0 heterocycles. The Morgan fingerprint density at radius 2 is 0.936 bits per heavy atom. The molecule has 1 aliphatic rings. The summed E-state index contributed by atoms with van der Waals surface area (Å²) in [5.41, 5.74) is 10.5. The zero-order valence-corrected chi connectivity index (χ0v) is 26.5. The molecular formula is C47H32. The first kappa shape index (κ1) is 26.5. The van der Waals surface area contributed by atoms with Crippen LogP contribution in [-0.4, -0.2) is 0 Å². The molecule has 0 aromatic heterocycles. The van der Waals surface area contributed by atoms with Crippen LogP contribution in [0.25, 0.3) is 87.2 Å². The third-order valence-corrected chi connectivity index (χ3v) is 10.7. The van der Waals surface area contributed by atoms with E-state index in [0.29, 0.717) is 0 Å². The van der Waals surface area contributed by atoms with Crippen molar-refractivity contribution < 1.29 is 0 Å². The molecule has 0 saturated heterocycles. The van der Waals surface area contributed by atoms with Gasteiger partial charge in [0.1, 0.15) is 0 Å². The molecule has 0 heteroatoms. The van der Waals surface area contributed by atoms with Gasteiger partial charge in [-0.25, -0.2) is 0 Å². The van der Waals surface area contributed by atoms with E-state index in [1.165, 1.54) is 98.4 Å². The second-order valence-corrected chi connectivity index (χ2v) is 13.7. The summed E-state index contributed by atoms with van der Waals surface area (Å²) in [6.45, 7) is 4.84. The van der Waals surface area contributed by atoms with Gasteiger partial charge in [-0.1, -0.05) is 153 Å². The summed E-state index contributed by atoms with van der Waals surface area (Å²) in [6, 6.07) is 58.7. The van der Waals surface area contributed by atoms with E-state index >= 15 is 0 Å². The van der Waals surface area contributed by atoms with Crippen LogP contribution >= 0.6 is 0 Å². The Labute approximate surface area is 274 Å². The first-order chi connectivity index (χ1) is 23.1. The summed E-state index contributed by atoms with van der Waals surface area (Å²) >= 11 is 0. The third kappa shape index (κ3) is 3.70. The molecule has 0 atom stereocenters. The Morgan fingerprint density at radius 3 is 1.74 bits per heavy atom. The van der Waals surface area contributed by atoms with Crippen molar-refractivity contribution in [2.45, 2.75) is 19.3 Å². The molecule has 0 aliphatic heterocycles. The largest absolute Gasteiger partial charge is 0.0616 e. The molecule has 0 saturated carbocycles. The topological polar surface area (TPSA) is 0 Å². The van der Waals surface area contributed by atoms with E-state index in [1.54, 1.807) is 0 Å². The van der Waals surface area contributed by atoms with Gasteiger partial charge in [-0.3, -0.25) is 0 Å². The van der Waals surface area contributed by atoms with Gasteiger partial charge in [0, 0.05) is 5.41 Å². The van der Waals surface area contributed by atoms with Gasteiger partial charge in [0.15, 0.2) is 0 Å². The van der Waals surface area contributed by atoms with Crippen molar-refractivity contribution in [3.8, 4) is 33.4 Å². The monoisotopic (exact) mass is 596 g/mol. The van der Waals surface area contributed by atoms with Crippen molar-refractivity contribution in [3.63, 3.8) is 0 Å². The molecule has 0 amide bonds. The van der Waals surface area contributed by atoms with E-state index in [-0.39, 0.29) is 5.41 Å². The first-order valence-electron chi connectivity index (χ1n) is 16.6. The standard InChI is InChI=1S/C47H32/c1-47(2)45-35-17-6-3-12-29(35)22-25-41(45)44-39-21-10-9-20-38(39)43-27-31(23-24-40(43)46(44)47)30-14-11-15-32(26-30)42-28-33-13-4-5-16-34(33)36-18-7-8-19-37(36)42/h3-28H,1-2H3. The number of benzene rings is 9. The maximum absolute atomic E-state index is 2.44. The van der Waals surface area contributed by atoms with Gasteiger partial charge in [0.2, 0.25) is 0 Å². The highest BCUT2D eigenvalue weighted by Gasteiger charge is 2.39. The molecule has 0 radical (unpaired) electrons. The van der Waals surface area contributed by atoms with E-state index in [4.69, 9.17) is 0 Å². The molecule has 0 nitrogen and oxygen atoms in total. The van der Waals surface area contributed by atoms with Crippen molar-refractivity contribution in [3.05, 3.63) is 169 Å². The van der Waals surface area contributed by atoms with Crippen molar-refractivity contribution in [2.75, 3.05) is 0 Å². The SMILES string of the molecule is CC1(C)c2c(ccc3ccccc23)-c2c1c1ccc(-c3cccc(-c4cc5ccccc5c5ccccc45)c3)cc1c1ccccc21. The van der Waals surface area contributed by atoms with Crippen LogP contribution in [0.1, 0.15) is 25.0 Å². The molecule has 9 aromatic rings. The van der Waals surface area contributed by atoms with Crippen LogP contribution in [0.3, 0.4) is 0 Å². The minimum atomic E-state index is -0.133. The van der Waals surface area contributed by atoms with Crippen LogP contribution in [0.5, 0.6) is 0 Å². The zero-order chi connectivity index (χ0) is 31.3. The van der Waals surface area contributed by atoms with Gasteiger partial charge < -0.3 is 0 Å². The van der Waals surface area contributed by atoms with Gasteiger partial charge in [-0.15, -0.1) is 0 Å². The average molecular weight is 597 g/mol. The van der Waals surface area contributed by atoms with Crippen LogP contribution in [0.15, 0.2) is 158 Å². The maximum Gasteiger partial charge on any atom is 0.0171 e.